The lowest BCUT2D eigenvalue weighted by Crippen LogP contribution is -2.15. The van der Waals surface area contributed by atoms with E-state index >= 15 is 0 Å². The molecule has 2 aromatic carbocycles. The first kappa shape index (κ1) is 16.7. The minimum atomic E-state index is -0.344. The number of nitrogens with one attached hydrogen (secondary N) is 1. The Kier molecular flexibility index (Phi) is 5.86. The number of carbonyl (C=O) groups excluding carboxylic acids is 2. The van der Waals surface area contributed by atoms with E-state index in [2.05, 4.69) is 5.32 Å². The van der Waals surface area contributed by atoms with E-state index in [1.807, 2.05) is 6.92 Å². The van der Waals surface area contributed by atoms with E-state index < -0.39 is 0 Å². The number of ether oxygens (including phenoxy) is 1. The summed E-state index contributed by atoms with van der Waals surface area (Å²) in [5.41, 5.74) is 1.60. The van der Waals surface area contributed by atoms with Crippen LogP contribution in [0.1, 0.15) is 29.3 Å². The van der Waals surface area contributed by atoms with Crippen LogP contribution in [0.25, 0.3) is 0 Å². The van der Waals surface area contributed by atoms with Crippen LogP contribution in [0.4, 0.5) is 10.1 Å². The molecule has 120 valence electrons. The molecular weight excluding hydrogens is 297 g/mol. The predicted molar refractivity (Wildman–Crippen MR) is 86.3 cm³/mol. The maximum absolute atomic E-state index is 12.9. The summed E-state index contributed by atoms with van der Waals surface area (Å²) in [6.07, 6.45) is 1.65. The first-order valence-electron chi connectivity index (χ1n) is 7.38. The molecule has 0 saturated heterocycles. The van der Waals surface area contributed by atoms with Crippen molar-refractivity contribution < 1.29 is 18.7 Å². The highest BCUT2D eigenvalue weighted by Crippen LogP contribution is 2.26. The van der Waals surface area contributed by atoms with E-state index in [9.17, 15) is 14.0 Å². The second-order valence-corrected chi connectivity index (χ2v) is 5.07. The van der Waals surface area contributed by atoms with Crippen LogP contribution in [0.2, 0.25) is 0 Å². The number of amides is 1. The van der Waals surface area contributed by atoms with E-state index in [-0.39, 0.29) is 18.1 Å². The van der Waals surface area contributed by atoms with Crippen molar-refractivity contribution >= 4 is 17.9 Å². The van der Waals surface area contributed by atoms with Gasteiger partial charge in [-0.25, -0.2) is 4.39 Å². The second-order valence-electron chi connectivity index (χ2n) is 5.07. The van der Waals surface area contributed by atoms with Crippen LogP contribution in [0.3, 0.4) is 0 Å². The molecule has 0 aliphatic heterocycles. The summed E-state index contributed by atoms with van der Waals surface area (Å²) in [4.78, 5) is 23.0. The minimum Gasteiger partial charge on any atom is -0.491 e. The Morgan fingerprint density at radius 3 is 2.61 bits per heavy atom. The third-order valence-corrected chi connectivity index (χ3v) is 3.15. The van der Waals surface area contributed by atoms with Crippen LogP contribution in [0.5, 0.6) is 5.75 Å². The quantitative estimate of drug-likeness (QED) is 0.794. The van der Waals surface area contributed by atoms with Crippen LogP contribution >= 0.6 is 0 Å². The van der Waals surface area contributed by atoms with Gasteiger partial charge in [-0.2, -0.15) is 0 Å². The molecule has 0 radical (unpaired) electrons. The molecule has 1 N–H and O–H groups in total. The van der Waals surface area contributed by atoms with Gasteiger partial charge in [0.2, 0.25) is 5.91 Å². The van der Waals surface area contributed by atoms with Crippen molar-refractivity contribution in [2.45, 2.75) is 19.8 Å². The fourth-order valence-electron chi connectivity index (χ4n) is 2.04. The highest BCUT2D eigenvalue weighted by atomic mass is 19.1. The Labute approximate surface area is 134 Å². The summed E-state index contributed by atoms with van der Waals surface area (Å²) >= 11 is 0. The van der Waals surface area contributed by atoms with Crippen LogP contribution in [-0.2, 0) is 11.2 Å². The molecule has 0 bridgehead atoms. The largest absolute Gasteiger partial charge is 0.491 e. The van der Waals surface area contributed by atoms with Gasteiger partial charge in [-0.3, -0.25) is 9.59 Å². The van der Waals surface area contributed by atoms with Crippen molar-refractivity contribution in [1.82, 2.24) is 0 Å². The van der Waals surface area contributed by atoms with E-state index in [0.29, 0.717) is 35.5 Å². The Hall–Kier alpha value is -2.69. The van der Waals surface area contributed by atoms with Gasteiger partial charge in [0.25, 0.3) is 0 Å². The SMILES string of the molecule is CCCOc1ccc(C=O)cc1NC(=O)Cc1ccc(F)cc1. The van der Waals surface area contributed by atoms with Gasteiger partial charge in [-0.15, -0.1) is 0 Å². The summed E-state index contributed by atoms with van der Waals surface area (Å²) in [7, 11) is 0. The number of anilines is 1. The Bertz CT molecular complexity index is 683. The van der Waals surface area contributed by atoms with Crippen molar-refractivity contribution in [3.63, 3.8) is 0 Å². The zero-order valence-corrected chi connectivity index (χ0v) is 12.8. The van der Waals surface area contributed by atoms with Gasteiger partial charge >= 0.3 is 0 Å². The van der Waals surface area contributed by atoms with E-state index in [4.69, 9.17) is 4.74 Å². The average Bonchev–Trinajstić information content (AvgIpc) is 2.55. The molecule has 0 aromatic heterocycles. The lowest BCUT2D eigenvalue weighted by molar-refractivity contribution is -0.115. The van der Waals surface area contributed by atoms with Gasteiger partial charge in [-0.1, -0.05) is 19.1 Å². The minimum absolute atomic E-state index is 0.110. The molecule has 1 amide bonds. The maximum atomic E-state index is 12.9. The Morgan fingerprint density at radius 1 is 1.22 bits per heavy atom. The van der Waals surface area contributed by atoms with Gasteiger partial charge in [0, 0.05) is 5.56 Å². The smallest absolute Gasteiger partial charge is 0.228 e. The Morgan fingerprint density at radius 2 is 1.96 bits per heavy atom. The fourth-order valence-corrected chi connectivity index (χ4v) is 2.04. The number of benzene rings is 2. The summed E-state index contributed by atoms with van der Waals surface area (Å²) in [6.45, 7) is 2.49. The molecule has 0 fully saturated rings. The summed E-state index contributed by atoms with van der Waals surface area (Å²) in [5, 5.41) is 2.74. The van der Waals surface area contributed by atoms with Gasteiger partial charge in [0.15, 0.2) is 0 Å². The van der Waals surface area contributed by atoms with Gasteiger partial charge in [0.05, 0.1) is 18.7 Å². The van der Waals surface area contributed by atoms with Crippen LogP contribution in [0.15, 0.2) is 42.5 Å². The highest BCUT2D eigenvalue weighted by molar-refractivity contribution is 5.94. The summed E-state index contributed by atoms with van der Waals surface area (Å²) < 4.78 is 18.4. The number of aldehydes is 1. The third kappa shape index (κ3) is 4.92. The van der Waals surface area contributed by atoms with E-state index in [1.165, 1.54) is 12.1 Å². The highest BCUT2D eigenvalue weighted by Gasteiger charge is 2.10. The molecule has 0 unspecified atom stereocenters. The average molecular weight is 315 g/mol. The second kappa shape index (κ2) is 8.08. The van der Waals surface area contributed by atoms with Crippen LogP contribution in [0, 0.1) is 5.82 Å². The molecular formula is C18H18FNO3. The zero-order valence-electron chi connectivity index (χ0n) is 12.8. The molecule has 0 aliphatic carbocycles. The molecule has 2 rings (SSSR count). The topological polar surface area (TPSA) is 55.4 Å². The number of halogens is 1. The van der Waals surface area contributed by atoms with Crippen molar-refractivity contribution in [3.05, 3.63) is 59.4 Å². The normalized spacial score (nSPS) is 10.2. The molecule has 0 aliphatic rings. The van der Waals surface area contributed by atoms with Gasteiger partial charge in [-0.05, 0) is 42.3 Å². The number of carbonyl (C=O) groups is 2. The molecule has 4 nitrogen and oxygen atoms in total. The van der Waals surface area contributed by atoms with Crippen molar-refractivity contribution in [1.29, 1.82) is 0 Å². The van der Waals surface area contributed by atoms with E-state index in [0.717, 1.165) is 6.42 Å². The summed E-state index contributed by atoms with van der Waals surface area (Å²) in [6, 6.07) is 10.6. The number of hydrogen-bond donors (Lipinski definition) is 1. The molecule has 5 heteroatoms. The van der Waals surface area contributed by atoms with Crippen molar-refractivity contribution in [2.24, 2.45) is 0 Å². The Balaban J connectivity index is 2.11. The van der Waals surface area contributed by atoms with Crippen LogP contribution in [-0.4, -0.2) is 18.8 Å². The first-order chi connectivity index (χ1) is 11.1. The molecule has 0 saturated carbocycles. The molecule has 0 heterocycles. The standard InChI is InChI=1S/C18H18FNO3/c1-2-9-23-17-8-5-14(12-21)10-16(17)20-18(22)11-13-3-6-15(19)7-4-13/h3-8,10,12H,2,9,11H2,1H3,(H,20,22). The first-order valence-corrected chi connectivity index (χ1v) is 7.38. The predicted octanol–water partition coefficient (Wildman–Crippen LogP) is 3.61. The lowest BCUT2D eigenvalue weighted by atomic mass is 10.1. The molecule has 0 atom stereocenters. The zero-order chi connectivity index (χ0) is 16.7. The number of hydrogen-bond acceptors (Lipinski definition) is 3. The molecule has 0 spiro atoms. The third-order valence-electron chi connectivity index (χ3n) is 3.15. The lowest BCUT2D eigenvalue weighted by Gasteiger charge is -2.13. The van der Waals surface area contributed by atoms with Crippen LogP contribution < -0.4 is 10.1 Å². The summed E-state index contributed by atoms with van der Waals surface area (Å²) in [5.74, 6) is -0.0889. The van der Waals surface area contributed by atoms with Crippen molar-refractivity contribution in [2.75, 3.05) is 11.9 Å². The van der Waals surface area contributed by atoms with E-state index in [1.54, 1.807) is 30.3 Å². The monoisotopic (exact) mass is 315 g/mol. The molecule has 2 aromatic rings. The number of rotatable bonds is 7. The van der Waals surface area contributed by atoms with Gasteiger partial charge in [0.1, 0.15) is 17.9 Å². The fraction of sp³-hybridized carbons (Fsp3) is 0.222. The molecule has 23 heavy (non-hydrogen) atoms. The maximum Gasteiger partial charge on any atom is 0.228 e. The van der Waals surface area contributed by atoms with Gasteiger partial charge < -0.3 is 10.1 Å². The van der Waals surface area contributed by atoms with Crippen molar-refractivity contribution in [3.8, 4) is 5.75 Å².